The molecule has 1 aliphatic rings. The van der Waals surface area contributed by atoms with Gasteiger partial charge in [-0.05, 0) is 49.6 Å². The highest BCUT2D eigenvalue weighted by atomic mass is 16.5. The third-order valence-corrected chi connectivity index (χ3v) is 5.94. The Bertz CT molecular complexity index is 831. The molecule has 2 aromatic rings. The molecule has 1 aliphatic heterocycles. The van der Waals surface area contributed by atoms with Crippen molar-refractivity contribution in [1.82, 2.24) is 4.90 Å². The lowest BCUT2D eigenvalue weighted by Gasteiger charge is -2.37. The monoisotopic (exact) mass is 439 g/mol. The van der Waals surface area contributed by atoms with E-state index in [1.54, 1.807) is 0 Å². The highest BCUT2D eigenvalue weighted by Gasteiger charge is 2.24. The van der Waals surface area contributed by atoms with Gasteiger partial charge in [0.1, 0.15) is 0 Å². The second-order valence-corrected chi connectivity index (χ2v) is 9.14. The molecule has 2 aromatic carbocycles. The number of carbonyl (C=O) groups is 1. The Morgan fingerprint density at radius 3 is 2.28 bits per heavy atom. The van der Waals surface area contributed by atoms with Gasteiger partial charge in [0.05, 0.1) is 25.4 Å². The molecule has 0 saturated carbocycles. The number of rotatable bonds is 9. The second-order valence-electron chi connectivity index (χ2n) is 9.14. The van der Waals surface area contributed by atoms with E-state index in [0.717, 1.165) is 30.0 Å². The van der Waals surface area contributed by atoms with E-state index >= 15 is 0 Å². The van der Waals surface area contributed by atoms with Crippen LogP contribution in [-0.2, 0) is 16.1 Å². The van der Waals surface area contributed by atoms with Crippen molar-refractivity contribution in [2.45, 2.75) is 52.5 Å². The number of nitrogens with one attached hydrogen (secondary N) is 1. The average molecular weight is 440 g/mol. The zero-order valence-corrected chi connectivity index (χ0v) is 19.7. The average Bonchev–Trinajstić information content (AvgIpc) is 2.74. The minimum atomic E-state index is -0.0892. The summed E-state index contributed by atoms with van der Waals surface area (Å²) >= 11 is 0. The number of nitrogens with zero attached hydrogens (tertiary/aromatic N) is 2. The number of ether oxygens (including phenoxy) is 1. The van der Waals surface area contributed by atoms with E-state index in [9.17, 15) is 9.90 Å². The van der Waals surface area contributed by atoms with Gasteiger partial charge in [0.25, 0.3) is 0 Å². The SMILES string of the molecule is CC1CN(c2ccc(NC(=O)CN(Cc3ccccc3)C(CO)C(C)C)cc2)CC(C)O1. The van der Waals surface area contributed by atoms with Crippen LogP contribution in [0.15, 0.2) is 54.6 Å². The first-order valence-electron chi connectivity index (χ1n) is 11.5. The molecule has 2 N–H and O–H groups in total. The Morgan fingerprint density at radius 1 is 1.09 bits per heavy atom. The van der Waals surface area contributed by atoms with Crippen LogP contribution in [0.25, 0.3) is 0 Å². The van der Waals surface area contributed by atoms with Gasteiger partial charge in [-0.25, -0.2) is 0 Å². The molecule has 0 spiro atoms. The molecule has 0 bridgehead atoms. The van der Waals surface area contributed by atoms with E-state index in [-0.39, 0.29) is 43.2 Å². The zero-order valence-electron chi connectivity index (χ0n) is 19.7. The lowest BCUT2D eigenvalue weighted by atomic mass is 10.0. The van der Waals surface area contributed by atoms with Crippen LogP contribution in [0.4, 0.5) is 11.4 Å². The fourth-order valence-corrected chi connectivity index (χ4v) is 4.39. The topological polar surface area (TPSA) is 65.0 Å². The molecule has 174 valence electrons. The van der Waals surface area contributed by atoms with Gasteiger partial charge in [0, 0.05) is 37.1 Å². The summed E-state index contributed by atoms with van der Waals surface area (Å²) in [6, 6.07) is 18.0. The summed E-state index contributed by atoms with van der Waals surface area (Å²) in [6.07, 6.45) is 0.406. The number of carbonyl (C=O) groups excluding carboxylic acids is 1. The third-order valence-electron chi connectivity index (χ3n) is 5.94. The molecule has 3 unspecified atom stereocenters. The quantitative estimate of drug-likeness (QED) is 0.623. The minimum Gasteiger partial charge on any atom is -0.395 e. The number of anilines is 2. The van der Waals surface area contributed by atoms with E-state index in [1.165, 1.54) is 0 Å². The normalized spacial score (nSPS) is 19.9. The summed E-state index contributed by atoms with van der Waals surface area (Å²) in [7, 11) is 0. The lowest BCUT2D eigenvalue weighted by Crippen LogP contribution is -2.45. The van der Waals surface area contributed by atoms with Crippen LogP contribution >= 0.6 is 0 Å². The molecular formula is C26H37N3O3. The van der Waals surface area contributed by atoms with Crippen molar-refractivity contribution in [3.05, 3.63) is 60.2 Å². The Labute approximate surface area is 192 Å². The van der Waals surface area contributed by atoms with Crippen molar-refractivity contribution in [1.29, 1.82) is 0 Å². The van der Waals surface area contributed by atoms with E-state index in [2.05, 4.69) is 42.8 Å². The molecule has 6 heteroatoms. The van der Waals surface area contributed by atoms with Gasteiger partial charge in [-0.1, -0.05) is 44.2 Å². The summed E-state index contributed by atoms with van der Waals surface area (Å²) in [5.41, 5.74) is 3.03. The summed E-state index contributed by atoms with van der Waals surface area (Å²) in [6.45, 7) is 10.9. The van der Waals surface area contributed by atoms with Gasteiger partial charge >= 0.3 is 0 Å². The molecule has 1 fully saturated rings. The molecule has 1 amide bonds. The van der Waals surface area contributed by atoms with Crippen LogP contribution in [0, 0.1) is 5.92 Å². The number of amides is 1. The smallest absolute Gasteiger partial charge is 0.238 e. The van der Waals surface area contributed by atoms with Crippen molar-refractivity contribution in [3.8, 4) is 0 Å². The summed E-state index contributed by atoms with van der Waals surface area (Å²) in [4.78, 5) is 17.2. The fraction of sp³-hybridized carbons (Fsp3) is 0.500. The number of hydrogen-bond donors (Lipinski definition) is 2. The van der Waals surface area contributed by atoms with Crippen molar-refractivity contribution < 1.29 is 14.6 Å². The molecule has 6 nitrogen and oxygen atoms in total. The van der Waals surface area contributed by atoms with Gasteiger partial charge in [-0.15, -0.1) is 0 Å². The van der Waals surface area contributed by atoms with E-state index < -0.39 is 0 Å². The first kappa shape index (κ1) is 24.2. The predicted octanol–water partition coefficient (Wildman–Crippen LogP) is 3.76. The molecule has 3 atom stereocenters. The maximum absolute atomic E-state index is 12.9. The van der Waals surface area contributed by atoms with Crippen molar-refractivity contribution >= 4 is 17.3 Å². The lowest BCUT2D eigenvalue weighted by molar-refractivity contribution is -0.118. The van der Waals surface area contributed by atoms with Crippen molar-refractivity contribution in [2.24, 2.45) is 5.92 Å². The Kier molecular flexibility index (Phi) is 8.67. The van der Waals surface area contributed by atoms with Crippen molar-refractivity contribution in [3.63, 3.8) is 0 Å². The maximum atomic E-state index is 12.9. The van der Waals surface area contributed by atoms with Gasteiger partial charge < -0.3 is 20.1 Å². The number of hydrogen-bond acceptors (Lipinski definition) is 5. The van der Waals surface area contributed by atoms with Crippen LogP contribution in [0.2, 0.25) is 0 Å². The standard InChI is InChI=1S/C26H37N3O3/c1-19(2)25(18-30)29(16-22-8-6-5-7-9-22)17-26(31)27-23-10-12-24(13-11-23)28-14-20(3)32-21(4)15-28/h5-13,19-21,25,30H,14-18H2,1-4H3,(H,27,31). The van der Waals surface area contributed by atoms with Crippen LogP contribution in [0.5, 0.6) is 0 Å². The summed E-state index contributed by atoms with van der Waals surface area (Å²) < 4.78 is 5.82. The largest absolute Gasteiger partial charge is 0.395 e. The van der Waals surface area contributed by atoms with Gasteiger partial charge in [0.15, 0.2) is 0 Å². The summed E-state index contributed by atoms with van der Waals surface area (Å²) in [5.74, 6) is 0.149. The molecule has 0 aromatic heterocycles. The molecule has 32 heavy (non-hydrogen) atoms. The summed E-state index contributed by atoms with van der Waals surface area (Å²) in [5, 5.41) is 13.0. The first-order chi connectivity index (χ1) is 15.4. The zero-order chi connectivity index (χ0) is 23.1. The predicted molar refractivity (Wildman–Crippen MR) is 130 cm³/mol. The number of morpholine rings is 1. The van der Waals surface area contributed by atoms with Crippen LogP contribution < -0.4 is 10.2 Å². The second kappa shape index (κ2) is 11.5. The molecule has 0 aliphatic carbocycles. The molecular weight excluding hydrogens is 402 g/mol. The first-order valence-corrected chi connectivity index (χ1v) is 11.5. The molecule has 3 rings (SSSR count). The molecule has 1 heterocycles. The maximum Gasteiger partial charge on any atom is 0.238 e. The number of aliphatic hydroxyl groups is 1. The minimum absolute atomic E-state index is 0.0167. The number of benzene rings is 2. The molecule has 1 saturated heterocycles. The van der Waals surface area contributed by atoms with Gasteiger partial charge in [-0.3, -0.25) is 9.69 Å². The van der Waals surface area contributed by atoms with E-state index in [4.69, 9.17) is 4.74 Å². The highest BCUT2D eigenvalue weighted by Crippen LogP contribution is 2.22. The van der Waals surface area contributed by atoms with Gasteiger partial charge in [-0.2, -0.15) is 0 Å². The van der Waals surface area contributed by atoms with Crippen molar-refractivity contribution in [2.75, 3.05) is 36.5 Å². The van der Waals surface area contributed by atoms with Crippen LogP contribution in [0.1, 0.15) is 33.3 Å². The van der Waals surface area contributed by atoms with Crippen LogP contribution in [-0.4, -0.2) is 60.4 Å². The Hall–Kier alpha value is -2.41. The third kappa shape index (κ3) is 6.79. The highest BCUT2D eigenvalue weighted by molar-refractivity contribution is 5.92. The van der Waals surface area contributed by atoms with Crippen LogP contribution in [0.3, 0.4) is 0 Å². The van der Waals surface area contributed by atoms with E-state index in [1.807, 2.05) is 54.6 Å². The van der Waals surface area contributed by atoms with E-state index in [0.29, 0.717) is 6.54 Å². The Balaban J connectivity index is 1.63. The Morgan fingerprint density at radius 2 is 1.72 bits per heavy atom. The number of aliphatic hydroxyl groups excluding tert-OH is 1. The molecule has 0 radical (unpaired) electrons. The fourth-order valence-electron chi connectivity index (χ4n) is 4.39. The van der Waals surface area contributed by atoms with Gasteiger partial charge in [0.2, 0.25) is 5.91 Å².